The van der Waals surface area contributed by atoms with Gasteiger partial charge in [0.2, 0.25) is 0 Å². The summed E-state index contributed by atoms with van der Waals surface area (Å²) in [7, 11) is 0. The third kappa shape index (κ3) is 3.04. The number of aromatic nitrogens is 3. The molecule has 1 atom stereocenters. The minimum absolute atomic E-state index is 0.255. The first-order valence-electron chi connectivity index (χ1n) is 7.92. The van der Waals surface area contributed by atoms with Crippen LogP contribution < -0.4 is 5.32 Å². The average Bonchev–Trinajstić information content (AvgIpc) is 2.86. The van der Waals surface area contributed by atoms with Crippen molar-refractivity contribution in [3.8, 4) is 0 Å². The van der Waals surface area contributed by atoms with Crippen molar-refractivity contribution >= 4 is 0 Å². The van der Waals surface area contributed by atoms with Crippen molar-refractivity contribution in [2.45, 2.75) is 64.1 Å². The van der Waals surface area contributed by atoms with Gasteiger partial charge in [-0.1, -0.05) is 5.21 Å². The molecule has 1 aliphatic heterocycles. The first-order valence-corrected chi connectivity index (χ1v) is 7.92. The predicted molar refractivity (Wildman–Crippen MR) is 77.4 cm³/mol. The van der Waals surface area contributed by atoms with Crippen LogP contribution >= 0.6 is 0 Å². The summed E-state index contributed by atoms with van der Waals surface area (Å²) >= 11 is 0. The normalized spacial score (nSPS) is 25.1. The van der Waals surface area contributed by atoms with Crippen LogP contribution in [0.2, 0.25) is 0 Å². The molecule has 112 valence electrons. The lowest BCUT2D eigenvalue weighted by molar-refractivity contribution is -0.142. The lowest BCUT2D eigenvalue weighted by atomic mass is 9.72. The van der Waals surface area contributed by atoms with E-state index in [0.29, 0.717) is 6.04 Å². The molecule has 1 aliphatic carbocycles. The highest BCUT2D eigenvalue weighted by molar-refractivity contribution is 4.95. The summed E-state index contributed by atoms with van der Waals surface area (Å²) in [6, 6.07) is 0.380. The molecule has 1 N–H and O–H groups in total. The standard InChI is InChI=1S/C15H26N4O/c1-12(2)19-11-14(17-18-19)10-16-9-13-4-7-20-15(8-13)5-3-6-15/h11-13,16H,3-10H2,1-2H3. The van der Waals surface area contributed by atoms with Crippen LogP contribution in [0.4, 0.5) is 0 Å². The van der Waals surface area contributed by atoms with Crippen LogP contribution in [0.1, 0.15) is 57.7 Å². The van der Waals surface area contributed by atoms with E-state index in [1.807, 2.05) is 10.9 Å². The fraction of sp³-hybridized carbons (Fsp3) is 0.867. The van der Waals surface area contributed by atoms with Gasteiger partial charge < -0.3 is 10.1 Å². The first kappa shape index (κ1) is 14.0. The largest absolute Gasteiger partial charge is 0.375 e. The predicted octanol–water partition coefficient (Wildman–Crippen LogP) is 2.30. The van der Waals surface area contributed by atoms with E-state index in [0.717, 1.165) is 31.3 Å². The summed E-state index contributed by atoms with van der Waals surface area (Å²) in [5.41, 5.74) is 1.29. The Morgan fingerprint density at radius 2 is 2.35 bits per heavy atom. The van der Waals surface area contributed by atoms with Gasteiger partial charge in [0.15, 0.2) is 0 Å². The van der Waals surface area contributed by atoms with E-state index in [4.69, 9.17) is 4.74 Å². The number of ether oxygens (including phenoxy) is 1. The molecule has 2 aliphatic rings. The van der Waals surface area contributed by atoms with E-state index in [1.54, 1.807) is 0 Å². The maximum absolute atomic E-state index is 5.97. The van der Waals surface area contributed by atoms with Crippen molar-refractivity contribution in [3.63, 3.8) is 0 Å². The zero-order valence-corrected chi connectivity index (χ0v) is 12.6. The molecule has 20 heavy (non-hydrogen) atoms. The smallest absolute Gasteiger partial charge is 0.0964 e. The Morgan fingerprint density at radius 3 is 3.00 bits per heavy atom. The molecule has 1 unspecified atom stereocenters. The fourth-order valence-corrected chi connectivity index (χ4v) is 3.27. The van der Waals surface area contributed by atoms with E-state index < -0.39 is 0 Å². The number of hydrogen-bond acceptors (Lipinski definition) is 4. The van der Waals surface area contributed by atoms with Crippen LogP contribution in [0.5, 0.6) is 0 Å². The summed E-state index contributed by atoms with van der Waals surface area (Å²) in [5.74, 6) is 0.754. The number of nitrogens with zero attached hydrogens (tertiary/aromatic N) is 3. The molecule has 2 fully saturated rings. The Kier molecular flexibility index (Phi) is 4.08. The van der Waals surface area contributed by atoms with Gasteiger partial charge in [-0.15, -0.1) is 5.10 Å². The molecule has 0 bridgehead atoms. The zero-order valence-electron chi connectivity index (χ0n) is 12.6. The lowest BCUT2D eigenvalue weighted by Crippen LogP contribution is -2.47. The molecule has 1 spiro atoms. The average molecular weight is 278 g/mol. The Bertz CT molecular complexity index is 439. The van der Waals surface area contributed by atoms with Crippen molar-refractivity contribution in [2.75, 3.05) is 13.2 Å². The highest BCUT2D eigenvalue weighted by Gasteiger charge is 2.42. The van der Waals surface area contributed by atoms with Gasteiger partial charge in [-0.2, -0.15) is 0 Å². The fourth-order valence-electron chi connectivity index (χ4n) is 3.27. The van der Waals surface area contributed by atoms with Gasteiger partial charge in [0.1, 0.15) is 0 Å². The molecule has 0 amide bonds. The maximum atomic E-state index is 5.97. The molecular formula is C15H26N4O. The molecule has 0 aromatic carbocycles. The van der Waals surface area contributed by atoms with E-state index >= 15 is 0 Å². The van der Waals surface area contributed by atoms with E-state index in [1.165, 1.54) is 32.1 Å². The van der Waals surface area contributed by atoms with Crippen LogP contribution in [0, 0.1) is 5.92 Å². The Labute approximate surface area is 121 Å². The topological polar surface area (TPSA) is 52.0 Å². The SMILES string of the molecule is CC(C)n1cc(CNCC2CCOC3(CCC3)C2)nn1. The van der Waals surface area contributed by atoms with Crippen LogP contribution in [0.25, 0.3) is 0 Å². The van der Waals surface area contributed by atoms with Gasteiger partial charge in [0.05, 0.1) is 17.5 Å². The lowest BCUT2D eigenvalue weighted by Gasteiger charge is -2.47. The maximum Gasteiger partial charge on any atom is 0.0964 e. The monoisotopic (exact) mass is 278 g/mol. The van der Waals surface area contributed by atoms with Gasteiger partial charge in [-0.05, 0) is 58.4 Å². The summed E-state index contributed by atoms with van der Waals surface area (Å²) in [6.07, 6.45) is 8.35. The van der Waals surface area contributed by atoms with Crippen molar-refractivity contribution in [2.24, 2.45) is 5.92 Å². The minimum Gasteiger partial charge on any atom is -0.375 e. The van der Waals surface area contributed by atoms with Crippen molar-refractivity contribution in [1.82, 2.24) is 20.3 Å². The van der Waals surface area contributed by atoms with E-state index in [2.05, 4.69) is 29.5 Å². The molecule has 1 saturated heterocycles. The molecule has 2 heterocycles. The minimum atomic E-state index is 0.255. The van der Waals surface area contributed by atoms with E-state index in [9.17, 15) is 0 Å². The highest BCUT2D eigenvalue weighted by atomic mass is 16.5. The van der Waals surface area contributed by atoms with Crippen molar-refractivity contribution < 1.29 is 4.74 Å². The summed E-state index contributed by atoms with van der Waals surface area (Å²) in [4.78, 5) is 0. The first-order chi connectivity index (χ1) is 9.67. The van der Waals surface area contributed by atoms with Crippen LogP contribution in [0.3, 0.4) is 0 Å². The van der Waals surface area contributed by atoms with Crippen LogP contribution in [-0.2, 0) is 11.3 Å². The second-order valence-electron chi connectivity index (χ2n) is 6.66. The highest BCUT2D eigenvalue weighted by Crippen LogP contribution is 2.43. The second-order valence-corrected chi connectivity index (χ2v) is 6.66. The second kappa shape index (κ2) is 5.82. The summed E-state index contributed by atoms with van der Waals surface area (Å²) in [6.45, 7) is 7.06. The Morgan fingerprint density at radius 1 is 1.50 bits per heavy atom. The Hall–Kier alpha value is -0.940. The molecule has 1 aromatic rings. The van der Waals surface area contributed by atoms with Gasteiger partial charge in [-0.3, -0.25) is 0 Å². The van der Waals surface area contributed by atoms with Gasteiger partial charge in [-0.25, -0.2) is 4.68 Å². The summed E-state index contributed by atoms with van der Waals surface area (Å²) in [5, 5.41) is 11.9. The zero-order chi connectivity index (χ0) is 14.0. The van der Waals surface area contributed by atoms with E-state index in [-0.39, 0.29) is 5.60 Å². The number of nitrogens with one attached hydrogen (secondary N) is 1. The third-order valence-electron chi connectivity index (χ3n) is 4.69. The third-order valence-corrected chi connectivity index (χ3v) is 4.69. The molecule has 1 saturated carbocycles. The quantitative estimate of drug-likeness (QED) is 0.898. The molecule has 5 heteroatoms. The molecular weight excluding hydrogens is 252 g/mol. The van der Waals surface area contributed by atoms with Crippen LogP contribution in [0.15, 0.2) is 6.20 Å². The molecule has 1 aromatic heterocycles. The van der Waals surface area contributed by atoms with Gasteiger partial charge in [0, 0.05) is 19.2 Å². The van der Waals surface area contributed by atoms with Gasteiger partial charge in [0.25, 0.3) is 0 Å². The number of hydrogen-bond donors (Lipinski definition) is 1. The molecule has 3 rings (SSSR count). The number of rotatable bonds is 5. The van der Waals surface area contributed by atoms with Crippen molar-refractivity contribution in [1.29, 1.82) is 0 Å². The summed E-state index contributed by atoms with van der Waals surface area (Å²) < 4.78 is 7.88. The molecule has 5 nitrogen and oxygen atoms in total. The molecule has 0 radical (unpaired) electrons. The van der Waals surface area contributed by atoms with Crippen molar-refractivity contribution in [3.05, 3.63) is 11.9 Å². The Balaban J connectivity index is 1.42. The van der Waals surface area contributed by atoms with Crippen LogP contribution in [-0.4, -0.2) is 33.7 Å². The van der Waals surface area contributed by atoms with Gasteiger partial charge >= 0.3 is 0 Å².